The van der Waals surface area contributed by atoms with Crippen LogP contribution in [0.2, 0.25) is 0 Å². The number of nitrogens with one attached hydrogen (secondary N) is 1. The summed E-state index contributed by atoms with van der Waals surface area (Å²) in [6.45, 7) is 0.311. The summed E-state index contributed by atoms with van der Waals surface area (Å²) < 4.78 is 5.23. The number of oxazole rings is 1. The first-order chi connectivity index (χ1) is 16.9. The summed E-state index contributed by atoms with van der Waals surface area (Å²) >= 11 is 0. The third-order valence-corrected chi connectivity index (χ3v) is 5.86. The third kappa shape index (κ3) is 4.42. The minimum Gasteiger partial charge on any atom is -0.508 e. The van der Waals surface area contributed by atoms with E-state index in [-0.39, 0.29) is 22.8 Å². The number of hydrogen-bond acceptors (Lipinski definition) is 6. The average molecular weight is 468 g/mol. The summed E-state index contributed by atoms with van der Waals surface area (Å²) in [5.41, 5.74) is 3.48. The number of fused-ring (bicyclic) bond motifs is 2. The number of rotatable bonds is 6. The van der Waals surface area contributed by atoms with E-state index < -0.39 is 12.1 Å². The maximum absolute atomic E-state index is 12.8. The van der Waals surface area contributed by atoms with Gasteiger partial charge in [-0.2, -0.15) is 0 Å². The Hall–Kier alpha value is -4.69. The standard InChI is InChI=1S/C27H20N2O6/c30-23-12-18-6-7-19(26(32)28-13-15-1-8-24-22(9-15)29-14-35-24)10-20(18)11-21(23)25(31)16-2-4-17(5-3-16)27(33)34/h1-12,14,25,30-31H,13H2,(H,28,32)(H,33,34). The Kier molecular flexibility index (Phi) is 5.64. The number of nitrogens with zero attached hydrogens (tertiary/aromatic N) is 1. The van der Waals surface area contributed by atoms with Gasteiger partial charge in [0.05, 0.1) is 5.56 Å². The van der Waals surface area contributed by atoms with Crippen molar-refractivity contribution in [1.29, 1.82) is 0 Å². The zero-order chi connectivity index (χ0) is 24.5. The van der Waals surface area contributed by atoms with E-state index in [1.165, 1.54) is 36.7 Å². The minimum absolute atomic E-state index is 0.0975. The van der Waals surface area contributed by atoms with Gasteiger partial charge in [-0.25, -0.2) is 9.78 Å². The molecule has 0 saturated carbocycles. The molecule has 1 heterocycles. The molecule has 5 rings (SSSR count). The topological polar surface area (TPSA) is 133 Å². The Balaban J connectivity index is 1.37. The second-order valence-corrected chi connectivity index (χ2v) is 8.14. The van der Waals surface area contributed by atoms with Gasteiger partial charge in [0.2, 0.25) is 0 Å². The Morgan fingerprint density at radius 1 is 0.914 bits per heavy atom. The molecule has 0 aliphatic carbocycles. The van der Waals surface area contributed by atoms with Crippen molar-refractivity contribution >= 4 is 33.7 Å². The van der Waals surface area contributed by atoms with Crippen LogP contribution in [0.15, 0.2) is 83.6 Å². The maximum Gasteiger partial charge on any atom is 0.335 e. The third-order valence-electron chi connectivity index (χ3n) is 5.86. The van der Waals surface area contributed by atoms with Gasteiger partial charge in [0.15, 0.2) is 12.0 Å². The van der Waals surface area contributed by atoms with Crippen molar-refractivity contribution in [3.05, 3.63) is 107 Å². The summed E-state index contributed by atoms with van der Waals surface area (Å²) in [6, 6.07) is 19.5. The van der Waals surface area contributed by atoms with Crippen molar-refractivity contribution in [3.63, 3.8) is 0 Å². The molecule has 0 fully saturated rings. The maximum atomic E-state index is 12.8. The number of benzene rings is 4. The van der Waals surface area contributed by atoms with Gasteiger partial charge in [0.1, 0.15) is 17.4 Å². The first-order valence-electron chi connectivity index (χ1n) is 10.8. The van der Waals surface area contributed by atoms with Crippen molar-refractivity contribution in [1.82, 2.24) is 10.3 Å². The fraction of sp³-hybridized carbons (Fsp3) is 0.0741. The number of carboxylic acids is 1. The number of amides is 1. The first-order valence-corrected chi connectivity index (χ1v) is 10.8. The van der Waals surface area contributed by atoms with E-state index in [0.717, 1.165) is 5.56 Å². The summed E-state index contributed by atoms with van der Waals surface area (Å²) in [4.78, 5) is 28.0. The molecule has 4 aromatic carbocycles. The van der Waals surface area contributed by atoms with Crippen molar-refractivity contribution in [2.75, 3.05) is 0 Å². The van der Waals surface area contributed by atoms with E-state index in [1.54, 1.807) is 30.3 Å². The Morgan fingerprint density at radius 2 is 1.69 bits per heavy atom. The smallest absolute Gasteiger partial charge is 0.335 e. The molecule has 0 spiro atoms. The lowest BCUT2D eigenvalue weighted by Gasteiger charge is -2.15. The zero-order valence-corrected chi connectivity index (χ0v) is 18.3. The summed E-state index contributed by atoms with van der Waals surface area (Å²) in [5.74, 6) is -1.44. The molecule has 1 amide bonds. The highest BCUT2D eigenvalue weighted by Crippen LogP contribution is 2.33. The van der Waals surface area contributed by atoms with E-state index in [2.05, 4.69) is 10.3 Å². The minimum atomic E-state index is -1.17. The number of phenolic OH excluding ortho intramolecular Hbond substituents is 1. The molecule has 8 heteroatoms. The molecule has 0 bridgehead atoms. The van der Waals surface area contributed by atoms with Crippen molar-refractivity contribution < 1.29 is 29.3 Å². The molecule has 1 aromatic heterocycles. The zero-order valence-electron chi connectivity index (χ0n) is 18.3. The first kappa shape index (κ1) is 22.1. The Bertz CT molecular complexity index is 1570. The van der Waals surface area contributed by atoms with Gasteiger partial charge in [-0.3, -0.25) is 4.79 Å². The van der Waals surface area contributed by atoms with E-state index in [0.29, 0.717) is 39.5 Å². The van der Waals surface area contributed by atoms with Gasteiger partial charge in [-0.05, 0) is 70.4 Å². The molecule has 174 valence electrons. The summed E-state index contributed by atoms with van der Waals surface area (Å²) in [6.07, 6.45) is 0.196. The van der Waals surface area contributed by atoms with Crippen LogP contribution in [0.3, 0.4) is 0 Å². The molecule has 0 aliphatic rings. The van der Waals surface area contributed by atoms with E-state index in [1.807, 2.05) is 12.1 Å². The van der Waals surface area contributed by atoms with Gasteiger partial charge < -0.3 is 25.1 Å². The van der Waals surface area contributed by atoms with Gasteiger partial charge in [0, 0.05) is 17.7 Å². The number of hydrogen-bond donors (Lipinski definition) is 4. The molecule has 0 saturated heterocycles. The van der Waals surface area contributed by atoms with Crippen molar-refractivity contribution in [2.45, 2.75) is 12.6 Å². The molecular formula is C27H20N2O6. The van der Waals surface area contributed by atoms with E-state index in [9.17, 15) is 19.8 Å². The highest BCUT2D eigenvalue weighted by molar-refractivity contribution is 5.99. The number of aromatic hydroxyl groups is 1. The van der Waals surface area contributed by atoms with Gasteiger partial charge in [-0.15, -0.1) is 0 Å². The van der Waals surface area contributed by atoms with Gasteiger partial charge >= 0.3 is 5.97 Å². The lowest BCUT2D eigenvalue weighted by molar-refractivity contribution is 0.0696. The number of aromatic nitrogens is 1. The second kappa shape index (κ2) is 8.92. The molecular weight excluding hydrogens is 448 g/mol. The van der Waals surface area contributed by atoms with E-state index in [4.69, 9.17) is 9.52 Å². The van der Waals surface area contributed by atoms with Gasteiger partial charge in [-0.1, -0.05) is 24.3 Å². The fourth-order valence-electron chi connectivity index (χ4n) is 3.95. The summed E-state index contributed by atoms with van der Waals surface area (Å²) in [7, 11) is 0. The lowest BCUT2D eigenvalue weighted by Crippen LogP contribution is -2.22. The largest absolute Gasteiger partial charge is 0.508 e. The van der Waals surface area contributed by atoms with Crippen LogP contribution in [0.4, 0.5) is 0 Å². The molecule has 8 nitrogen and oxygen atoms in total. The number of carbonyl (C=O) groups excluding carboxylic acids is 1. The number of phenols is 1. The molecule has 0 aliphatic heterocycles. The molecule has 5 aromatic rings. The monoisotopic (exact) mass is 468 g/mol. The Labute approximate surface area is 199 Å². The highest BCUT2D eigenvalue weighted by atomic mass is 16.4. The summed E-state index contributed by atoms with van der Waals surface area (Å²) in [5, 5.41) is 34.6. The normalized spacial score (nSPS) is 12.0. The van der Waals surface area contributed by atoms with Crippen LogP contribution >= 0.6 is 0 Å². The number of aliphatic hydroxyl groups excluding tert-OH is 1. The van der Waals surface area contributed by atoms with E-state index >= 15 is 0 Å². The molecule has 1 atom stereocenters. The Morgan fingerprint density at radius 3 is 2.46 bits per heavy atom. The predicted molar refractivity (Wildman–Crippen MR) is 128 cm³/mol. The fourth-order valence-corrected chi connectivity index (χ4v) is 3.95. The second-order valence-electron chi connectivity index (χ2n) is 8.14. The van der Waals surface area contributed by atoms with Crippen LogP contribution in [-0.2, 0) is 6.54 Å². The van der Waals surface area contributed by atoms with Crippen LogP contribution in [0.5, 0.6) is 5.75 Å². The van der Waals surface area contributed by atoms with Crippen LogP contribution in [-0.4, -0.2) is 32.2 Å². The predicted octanol–water partition coefficient (Wildman–Crippen LogP) is 4.40. The molecule has 0 radical (unpaired) electrons. The van der Waals surface area contributed by atoms with Crippen molar-refractivity contribution in [2.24, 2.45) is 0 Å². The molecule has 4 N–H and O–H groups in total. The quantitative estimate of drug-likeness (QED) is 0.290. The van der Waals surface area contributed by atoms with Crippen LogP contribution < -0.4 is 5.32 Å². The number of aliphatic hydroxyl groups is 1. The lowest BCUT2D eigenvalue weighted by atomic mass is 9.96. The van der Waals surface area contributed by atoms with Crippen molar-refractivity contribution in [3.8, 4) is 5.75 Å². The van der Waals surface area contributed by atoms with Crippen LogP contribution in [0.1, 0.15) is 43.5 Å². The highest BCUT2D eigenvalue weighted by Gasteiger charge is 2.17. The van der Waals surface area contributed by atoms with Gasteiger partial charge in [0.25, 0.3) is 5.91 Å². The van der Waals surface area contributed by atoms with Crippen LogP contribution in [0, 0.1) is 0 Å². The number of carboxylic acid groups (broad SMARTS) is 1. The molecule has 35 heavy (non-hydrogen) atoms. The SMILES string of the molecule is O=C(O)c1ccc(C(O)c2cc3cc(C(=O)NCc4ccc5ocnc5c4)ccc3cc2O)cc1. The average Bonchev–Trinajstić information content (AvgIpc) is 3.34. The van der Waals surface area contributed by atoms with Crippen LogP contribution in [0.25, 0.3) is 21.9 Å². The molecule has 1 unspecified atom stereocenters. The number of carbonyl (C=O) groups is 2. The number of aromatic carboxylic acids is 1.